The molecule has 1 aromatic heterocycles. The molecular weight excluding hydrogens is 394 g/mol. The van der Waals surface area contributed by atoms with Crippen molar-refractivity contribution in [1.29, 1.82) is 0 Å². The van der Waals surface area contributed by atoms with Gasteiger partial charge in [-0.1, -0.05) is 60.3 Å². The maximum atomic E-state index is 5.86. The van der Waals surface area contributed by atoms with Gasteiger partial charge in [0.25, 0.3) is 0 Å². The van der Waals surface area contributed by atoms with Crippen molar-refractivity contribution in [1.82, 2.24) is 25.5 Å². The molecule has 30 heavy (non-hydrogen) atoms. The summed E-state index contributed by atoms with van der Waals surface area (Å²) in [6, 6.07) is 22.6. The molecule has 0 spiro atoms. The number of rotatable bonds is 10. The van der Waals surface area contributed by atoms with Crippen molar-refractivity contribution in [3.8, 4) is 11.4 Å². The highest BCUT2D eigenvalue weighted by molar-refractivity contribution is 7.99. The fourth-order valence-electron chi connectivity index (χ4n) is 3.36. The molecule has 0 saturated heterocycles. The Kier molecular flexibility index (Phi) is 6.95. The van der Waals surface area contributed by atoms with Gasteiger partial charge in [0.2, 0.25) is 5.16 Å². The molecule has 3 aromatic carbocycles. The van der Waals surface area contributed by atoms with Gasteiger partial charge in [0.15, 0.2) is 0 Å². The molecule has 6 nitrogen and oxygen atoms in total. The van der Waals surface area contributed by atoms with E-state index in [0.717, 1.165) is 41.9 Å². The van der Waals surface area contributed by atoms with Crippen LogP contribution >= 0.6 is 11.8 Å². The Morgan fingerprint density at radius 2 is 1.83 bits per heavy atom. The first-order chi connectivity index (χ1) is 14.9. The zero-order chi connectivity index (χ0) is 20.6. The van der Waals surface area contributed by atoms with Gasteiger partial charge >= 0.3 is 0 Å². The Balaban J connectivity index is 1.31. The fourth-order valence-corrected chi connectivity index (χ4v) is 4.19. The minimum Gasteiger partial charge on any atom is -0.494 e. The van der Waals surface area contributed by atoms with Crippen molar-refractivity contribution in [2.24, 2.45) is 0 Å². The van der Waals surface area contributed by atoms with Crippen LogP contribution in [0.2, 0.25) is 0 Å². The summed E-state index contributed by atoms with van der Waals surface area (Å²) in [5.74, 6) is 1.90. The van der Waals surface area contributed by atoms with Crippen LogP contribution < -0.4 is 10.1 Å². The van der Waals surface area contributed by atoms with E-state index in [2.05, 4.69) is 57.2 Å². The van der Waals surface area contributed by atoms with Crippen molar-refractivity contribution in [3.63, 3.8) is 0 Å². The van der Waals surface area contributed by atoms with E-state index in [9.17, 15) is 0 Å². The van der Waals surface area contributed by atoms with Gasteiger partial charge in [-0.2, -0.15) is 4.68 Å². The normalized spacial score (nSPS) is 11.1. The SMILES string of the molecule is CCOc1ccc2ccccc2c1CNCCCSc1nnnn1-c1ccccc1. The molecule has 0 amide bonds. The van der Waals surface area contributed by atoms with Gasteiger partial charge in [-0.3, -0.25) is 0 Å². The second kappa shape index (κ2) is 10.2. The number of para-hydroxylation sites is 1. The molecular formula is C23H25N5OS. The molecule has 0 unspecified atom stereocenters. The Labute approximate surface area is 180 Å². The van der Waals surface area contributed by atoms with E-state index in [1.54, 1.807) is 16.4 Å². The summed E-state index contributed by atoms with van der Waals surface area (Å²) in [7, 11) is 0. The highest BCUT2D eigenvalue weighted by atomic mass is 32.2. The monoisotopic (exact) mass is 419 g/mol. The average Bonchev–Trinajstić information content (AvgIpc) is 3.26. The fraction of sp³-hybridized carbons (Fsp3) is 0.261. The van der Waals surface area contributed by atoms with Gasteiger partial charge in [-0.15, -0.1) is 5.10 Å². The van der Waals surface area contributed by atoms with Crippen LogP contribution in [0.25, 0.3) is 16.5 Å². The Morgan fingerprint density at radius 3 is 2.70 bits per heavy atom. The van der Waals surface area contributed by atoms with Crippen LogP contribution in [0.4, 0.5) is 0 Å². The minimum absolute atomic E-state index is 0.665. The van der Waals surface area contributed by atoms with E-state index in [4.69, 9.17) is 4.74 Å². The minimum atomic E-state index is 0.665. The van der Waals surface area contributed by atoms with Crippen LogP contribution in [0.3, 0.4) is 0 Å². The quantitative estimate of drug-likeness (QED) is 0.302. The zero-order valence-corrected chi connectivity index (χ0v) is 17.8. The highest BCUT2D eigenvalue weighted by Crippen LogP contribution is 2.28. The van der Waals surface area contributed by atoms with Crippen molar-refractivity contribution < 1.29 is 4.74 Å². The van der Waals surface area contributed by atoms with Crippen LogP contribution in [-0.4, -0.2) is 39.1 Å². The van der Waals surface area contributed by atoms with Crippen LogP contribution in [-0.2, 0) is 6.54 Å². The third kappa shape index (κ3) is 4.80. The molecule has 4 aromatic rings. The van der Waals surface area contributed by atoms with E-state index in [1.807, 2.05) is 37.3 Å². The Morgan fingerprint density at radius 1 is 1.00 bits per heavy atom. The number of ether oxygens (including phenoxy) is 1. The second-order valence-electron chi connectivity index (χ2n) is 6.78. The van der Waals surface area contributed by atoms with E-state index >= 15 is 0 Å². The summed E-state index contributed by atoms with van der Waals surface area (Å²) in [6.45, 7) is 4.38. The summed E-state index contributed by atoms with van der Waals surface area (Å²) in [4.78, 5) is 0. The first-order valence-corrected chi connectivity index (χ1v) is 11.2. The number of hydrogen-bond acceptors (Lipinski definition) is 6. The molecule has 4 rings (SSSR count). The van der Waals surface area contributed by atoms with Crippen molar-refractivity contribution in [2.45, 2.75) is 25.0 Å². The summed E-state index contributed by atoms with van der Waals surface area (Å²) in [6.07, 6.45) is 1.01. The third-order valence-electron chi connectivity index (χ3n) is 4.77. The molecule has 0 fully saturated rings. The molecule has 0 saturated carbocycles. The molecule has 1 N–H and O–H groups in total. The molecule has 1 heterocycles. The van der Waals surface area contributed by atoms with Gasteiger partial charge in [-0.25, -0.2) is 0 Å². The maximum absolute atomic E-state index is 5.86. The van der Waals surface area contributed by atoms with Crippen LogP contribution in [0.5, 0.6) is 5.75 Å². The number of aromatic nitrogens is 4. The van der Waals surface area contributed by atoms with Crippen molar-refractivity contribution in [3.05, 3.63) is 72.3 Å². The first kappa shape index (κ1) is 20.4. The third-order valence-corrected chi connectivity index (χ3v) is 5.78. The molecule has 0 aliphatic carbocycles. The number of thioether (sulfide) groups is 1. The topological polar surface area (TPSA) is 64.9 Å². The average molecular weight is 420 g/mol. The molecule has 0 aliphatic heterocycles. The molecule has 0 radical (unpaired) electrons. The van der Waals surface area contributed by atoms with Gasteiger partial charge in [0.1, 0.15) is 5.75 Å². The van der Waals surface area contributed by atoms with Gasteiger partial charge in [0.05, 0.1) is 12.3 Å². The first-order valence-electron chi connectivity index (χ1n) is 10.2. The lowest BCUT2D eigenvalue weighted by Crippen LogP contribution is -2.16. The molecule has 7 heteroatoms. The van der Waals surface area contributed by atoms with Gasteiger partial charge < -0.3 is 10.1 Å². The van der Waals surface area contributed by atoms with Crippen molar-refractivity contribution >= 4 is 22.5 Å². The van der Waals surface area contributed by atoms with Gasteiger partial charge in [0, 0.05) is 17.9 Å². The molecule has 0 aliphatic rings. The predicted molar refractivity (Wildman–Crippen MR) is 121 cm³/mol. The maximum Gasteiger partial charge on any atom is 0.214 e. The second-order valence-corrected chi connectivity index (χ2v) is 7.85. The summed E-state index contributed by atoms with van der Waals surface area (Å²) in [5, 5.41) is 18.9. The summed E-state index contributed by atoms with van der Waals surface area (Å²) < 4.78 is 7.64. The highest BCUT2D eigenvalue weighted by Gasteiger charge is 2.10. The van der Waals surface area contributed by atoms with E-state index in [1.165, 1.54) is 16.3 Å². The van der Waals surface area contributed by atoms with Crippen LogP contribution in [0, 0.1) is 0 Å². The summed E-state index contributed by atoms with van der Waals surface area (Å²) in [5.41, 5.74) is 2.19. The largest absolute Gasteiger partial charge is 0.494 e. The number of hydrogen-bond donors (Lipinski definition) is 1. The lowest BCUT2D eigenvalue weighted by Gasteiger charge is -2.14. The predicted octanol–water partition coefficient (Wildman–Crippen LogP) is 4.49. The molecule has 0 atom stereocenters. The molecule has 0 bridgehead atoms. The lowest BCUT2D eigenvalue weighted by molar-refractivity contribution is 0.336. The van der Waals surface area contributed by atoms with E-state index in [-0.39, 0.29) is 0 Å². The number of nitrogens with one attached hydrogen (secondary N) is 1. The summed E-state index contributed by atoms with van der Waals surface area (Å²) >= 11 is 1.67. The van der Waals surface area contributed by atoms with Gasteiger partial charge in [-0.05, 0) is 59.3 Å². The van der Waals surface area contributed by atoms with Crippen molar-refractivity contribution in [2.75, 3.05) is 18.9 Å². The number of tetrazole rings is 1. The van der Waals surface area contributed by atoms with Crippen LogP contribution in [0.1, 0.15) is 18.9 Å². The lowest BCUT2D eigenvalue weighted by atomic mass is 10.0. The number of benzene rings is 3. The van der Waals surface area contributed by atoms with E-state index in [0.29, 0.717) is 6.61 Å². The Bertz CT molecular complexity index is 1080. The number of fused-ring (bicyclic) bond motifs is 1. The smallest absolute Gasteiger partial charge is 0.214 e. The Hall–Kier alpha value is -2.90. The number of nitrogens with zero attached hydrogens (tertiary/aromatic N) is 4. The zero-order valence-electron chi connectivity index (χ0n) is 17.0. The van der Waals surface area contributed by atoms with Crippen LogP contribution in [0.15, 0.2) is 71.9 Å². The molecule has 154 valence electrons. The van der Waals surface area contributed by atoms with E-state index < -0.39 is 0 Å². The standard InChI is InChI=1S/C23H25N5OS/c1-2-29-22-14-13-18-9-6-7-12-20(18)21(22)17-24-15-8-16-30-23-25-26-27-28(23)19-10-4-3-5-11-19/h3-7,9-14,24H,2,8,15-17H2,1H3.